The summed E-state index contributed by atoms with van der Waals surface area (Å²) in [4.78, 5) is 4.66. The monoisotopic (exact) mass is 280 g/mol. The first-order valence-corrected chi connectivity index (χ1v) is 7.46. The molecule has 0 aliphatic heterocycles. The van der Waals surface area contributed by atoms with Crippen LogP contribution in [0.2, 0.25) is 0 Å². The minimum atomic E-state index is -0.433. The van der Waals surface area contributed by atoms with Crippen molar-refractivity contribution in [2.45, 2.75) is 32.4 Å². The van der Waals surface area contributed by atoms with Crippen molar-refractivity contribution in [2.24, 2.45) is 0 Å². The average molecular weight is 280 g/mol. The van der Waals surface area contributed by atoms with Gasteiger partial charge in [-0.2, -0.15) is 0 Å². The molecule has 1 heterocycles. The van der Waals surface area contributed by atoms with Gasteiger partial charge in [-0.05, 0) is 24.1 Å². The van der Waals surface area contributed by atoms with Crippen LogP contribution in [0.5, 0.6) is 0 Å². The highest BCUT2D eigenvalue weighted by molar-refractivity contribution is 5.75. The third kappa shape index (κ3) is 2.83. The molecule has 0 aliphatic rings. The highest BCUT2D eigenvalue weighted by Crippen LogP contribution is 2.21. The molecule has 0 bridgehead atoms. The van der Waals surface area contributed by atoms with Crippen LogP contribution in [0.4, 0.5) is 0 Å². The largest absolute Gasteiger partial charge is 0.388 e. The van der Waals surface area contributed by atoms with E-state index in [0.29, 0.717) is 6.42 Å². The number of aryl methyl sites for hydroxylation is 2. The number of aromatic nitrogens is 2. The van der Waals surface area contributed by atoms with Crippen molar-refractivity contribution in [3.8, 4) is 0 Å². The van der Waals surface area contributed by atoms with Gasteiger partial charge < -0.3 is 9.67 Å². The van der Waals surface area contributed by atoms with E-state index in [9.17, 15) is 5.11 Å². The van der Waals surface area contributed by atoms with Crippen LogP contribution < -0.4 is 0 Å². The lowest BCUT2D eigenvalue weighted by molar-refractivity contribution is 0.161. The number of hydrogen-bond acceptors (Lipinski definition) is 2. The number of fused-ring (bicyclic) bond motifs is 1. The second-order valence-electron chi connectivity index (χ2n) is 5.24. The summed E-state index contributed by atoms with van der Waals surface area (Å²) >= 11 is 0. The predicted molar refractivity (Wildman–Crippen MR) is 85.1 cm³/mol. The topological polar surface area (TPSA) is 38.0 Å². The van der Waals surface area contributed by atoms with Crippen molar-refractivity contribution in [1.82, 2.24) is 9.55 Å². The molecule has 0 aliphatic carbocycles. The molecule has 3 aromatic rings. The molecule has 1 unspecified atom stereocenters. The molecule has 2 aromatic carbocycles. The minimum Gasteiger partial charge on any atom is -0.388 e. The molecular formula is C18H20N2O. The summed E-state index contributed by atoms with van der Waals surface area (Å²) in [5.74, 6) is 1.08. The quantitative estimate of drug-likeness (QED) is 0.773. The van der Waals surface area contributed by atoms with E-state index in [0.717, 1.165) is 35.4 Å². The molecule has 3 heteroatoms. The number of imidazole rings is 1. The van der Waals surface area contributed by atoms with E-state index >= 15 is 0 Å². The van der Waals surface area contributed by atoms with E-state index in [1.54, 1.807) is 0 Å². The van der Waals surface area contributed by atoms with Crippen molar-refractivity contribution in [1.29, 1.82) is 0 Å². The fourth-order valence-electron chi connectivity index (χ4n) is 2.74. The summed E-state index contributed by atoms with van der Waals surface area (Å²) in [5, 5.41) is 10.3. The highest BCUT2D eigenvalue weighted by Gasteiger charge is 2.12. The van der Waals surface area contributed by atoms with Crippen LogP contribution in [0.15, 0.2) is 54.6 Å². The van der Waals surface area contributed by atoms with Crippen LogP contribution in [-0.4, -0.2) is 14.7 Å². The Morgan fingerprint density at radius 2 is 1.76 bits per heavy atom. The van der Waals surface area contributed by atoms with Crippen LogP contribution in [-0.2, 0) is 13.0 Å². The zero-order valence-electron chi connectivity index (χ0n) is 12.2. The predicted octanol–water partition coefficient (Wildman–Crippen LogP) is 3.72. The van der Waals surface area contributed by atoms with Crippen LogP contribution in [0, 0.1) is 0 Å². The van der Waals surface area contributed by atoms with Crippen molar-refractivity contribution >= 4 is 11.0 Å². The number of aliphatic hydroxyl groups is 1. The smallest absolute Gasteiger partial charge is 0.109 e. The molecule has 0 saturated carbocycles. The van der Waals surface area contributed by atoms with Crippen LogP contribution >= 0.6 is 0 Å². The lowest BCUT2D eigenvalue weighted by Gasteiger charge is -2.13. The van der Waals surface area contributed by atoms with Gasteiger partial charge in [-0.25, -0.2) is 4.98 Å². The van der Waals surface area contributed by atoms with E-state index in [-0.39, 0.29) is 0 Å². The third-order valence-electron chi connectivity index (χ3n) is 3.86. The Bertz CT molecular complexity index is 718. The third-order valence-corrected chi connectivity index (χ3v) is 3.86. The van der Waals surface area contributed by atoms with Gasteiger partial charge in [0.05, 0.1) is 17.1 Å². The van der Waals surface area contributed by atoms with Crippen molar-refractivity contribution in [3.05, 3.63) is 66.0 Å². The highest BCUT2D eigenvalue weighted by atomic mass is 16.3. The maximum absolute atomic E-state index is 10.3. The van der Waals surface area contributed by atoms with E-state index in [1.165, 1.54) is 0 Å². The van der Waals surface area contributed by atoms with Crippen molar-refractivity contribution in [3.63, 3.8) is 0 Å². The van der Waals surface area contributed by atoms with Crippen molar-refractivity contribution in [2.75, 3.05) is 0 Å². The number of benzene rings is 2. The molecule has 0 spiro atoms. The van der Waals surface area contributed by atoms with Gasteiger partial charge in [0.25, 0.3) is 0 Å². The molecule has 0 saturated heterocycles. The van der Waals surface area contributed by atoms with Gasteiger partial charge in [0, 0.05) is 13.0 Å². The van der Waals surface area contributed by atoms with E-state index in [1.807, 2.05) is 48.5 Å². The van der Waals surface area contributed by atoms with E-state index < -0.39 is 6.10 Å². The Morgan fingerprint density at radius 3 is 2.52 bits per heavy atom. The maximum atomic E-state index is 10.3. The van der Waals surface area contributed by atoms with E-state index in [4.69, 9.17) is 0 Å². The zero-order valence-corrected chi connectivity index (χ0v) is 12.2. The first-order valence-electron chi connectivity index (χ1n) is 7.46. The van der Waals surface area contributed by atoms with Crippen molar-refractivity contribution < 1.29 is 5.11 Å². The Morgan fingerprint density at radius 1 is 1.05 bits per heavy atom. The molecule has 0 amide bonds. The molecule has 3 nitrogen and oxygen atoms in total. The summed E-state index contributed by atoms with van der Waals surface area (Å²) in [6, 6.07) is 18.0. The van der Waals surface area contributed by atoms with Crippen LogP contribution in [0.3, 0.4) is 0 Å². The van der Waals surface area contributed by atoms with Gasteiger partial charge in [0.1, 0.15) is 5.82 Å². The van der Waals surface area contributed by atoms with Gasteiger partial charge in [0.2, 0.25) is 0 Å². The van der Waals surface area contributed by atoms with Gasteiger partial charge >= 0.3 is 0 Å². The SMILES string of the molecule is CCc1nc2ccccc2n1CCC(O)c1ccccc1. The second kappa shape index (κ2) is 6.10. The van der Waals surface area contributed by atoms with Gasteiger partial charge in [0.15, 0.2) is 0 Å². The lowest BCUT2D eigenvalue weighted by Crippen LogP contribution is -2.07. The minimum absolute atomic E-state index is 0.433. The number of para-hydroxylation sites is 2. The van der Waals surface area contributed by atoms with Crippen LogP contribution in [0.25, 0.3) is 11.0 Å². The first kappa shape index (κ1) is 13.8. The maximum Gasteiger partial charge on any atom is 0.109 e. The molecule has 0 fully saturated rings. The lowest BCUT2D eigenvalue weighted by atomic mass is 10.1. The molecular weight excluding hydrogens is 260 g/mol. The normalized spacial score (nSPS) is 12.7. The Balaban J connectivity index is 1.82. The Hall–Kier alpha value is -2.13. The fourth-order valence-corrected chi connectivity index (χ4v) is 2.74. The summed E-state index contributed by atoms with van der Waals surface area (Å²) in [5.41, 5.74) is 3.15. The average Bonchev–Trinajstić information content (AvgIpc) is 2.91. The summed E-state index contributed by atoms with van der Waals surface area (Å²) < 4.78 is 2.22. The standard InChI is InChI=1S/C18H20N2O/c1-2-18-19-15-10-6-7-11-16(15)20(18)13-12-17(21)14-8-4-3-5-9-14/h3-11,17,21H,2,12-13H2,1H3. The van der Waals surface area contributed by atoms with Gasteiger partial charge in [-0.15, -0.1) is 0 Å². The number of hydrogen-bond donors (Lipinski definition) is 1. The Labute approximate surface area is 124 Å². The Kier molecular flexibility index (Phi) is 4.02. The molecule has 1 aromatic heterocycles. The molecule has 21 heavy (non-hydrogen) atoms. The van der Waals surface area contributed by atoms with Gasteiger partial charge in [-0.3, -0.25) is 0 Å². The number of aliphatic hydroxyl groups excluding tert-OH is 1. The van der Waals surface area contributed by atoms with E-state index in [2.05, 4.69) is 22.5 Å². The molecule has 1 N–H and O–H groups in total. The second-order valence-corrected chi connectivity index (χ2v) is 5.24. The van der Waals surface area contributed by atoms with Gasteiger partial charge in [-0.1, -0.05) is 49.4 Å². The summed E-state index contributed by atoms with van der Waals surface area (Å²) in [6.07, 6.45) is 1.16. The summed E-state index contributed by atoms with van der Waals surface area (Å²) in [7, 11) is 0. The van der Waals surface area contributed by atoms with Crippen LogP contribution in [0.1, 0.15) is 30.8 Å². The fraction of sp³-hybridized carbons (Fsp3) is 0.278. The number of nitrogens with zero attached hydrogens (tertiary/aromatic N) is 2. The first-order chi connectivity index (χ1) is 10.3. The molecule has 108 valence electrons. The number of rotatable bonds is 5. The zero-order chi connectivity index (χ0) is 14.7. The summed E-state index contributed by atoms with van der Waals surface area (Å²) in [6.45, 7) is 2.89. The molecule has 0 radical (unpaired) electrons. The molecule has 1 atom stereocenters. The molecule has 3 rings (SSSR count).